The molecule has 1 aliphatic heterocycles. The topological polar surface area (TPSA) is 98.4 Å². The van der Waals surface area contributed by atoms with E-state index in [-0.39, 0.29) is 29.0 Å². The number of carbonyl (C=O) groups is 2. The molecular weight excluding hydrogens is 577 g/mol. The molecule has 4 heterocycles. The van der Waals surface area contributed by atoms with Gasteiger partial charge in [-0.05, 0) is 65.7 Å². The van der Waals surface area contributed by atoms with Crippen LogP contribution in [0.2, 0.25) is 0 Å². The first-order valence-corrected chi connectivity index (χ1v) is 13.5. The van der Waals surface area contributed by atoms with Crippen molar-refractivity contribution in [1.29, 1.82) is 0 Å². The van der Waals surface area contributed by atoms with Gasteiger partial charge in [-0.2, -0.15) is 18.3 Å². The van der Waals surface area contributed by atoms with E-state index in [9.17, 15) is 22.8 Å². The van der Waals surface area contributed by atoms with Crippen molar-refractivity contribution >= 4 is 50.0 Å². The summed E-state index contributed by atoms with van der Waals surface area (Å²) in [7, 11) is 0. The van der Waals surface area contributed by atoms with Gasteiger partial charge in [0.1, 0.15) is 16.6 Å². The predicted octanol–water partition coefficient (Wildman–Crippen LogP) is 6.51. The molecule has 1 amide bonds. The lowest BCUT2D eigenvalue weighted by Crippen LogP contribution is -2.35. The standard InChI is InChI=1S/C24H24BrF3N4O4S/c1-3-35-23(34)17-12-7-6-11(2)9-15(12)37-22(17)30-21(33)19-18(25)20-29-13(14-5-4-8-36-14)10-16(24(26,27)28)32(20)31-19/h4-5,8,11,13,16,29H,3,6-7,9-10H2,1-2H3,(H,30,33)/t11-,13-,16-/m1/s1. The van der Waals surface area contributed by atoms with E-state index in [1.54, 1.807) is 19.1 Å². The largest absolute Gasteiger partial charge is 0.467 e. The third-order valence-corrected chi connectivity index (χ3v) is 8.54. The van der Waals surface area contributed by atoms with Gasteiger partial charge in [0.05, 0.1) is 28.9 Å². The normalized spacial score (nSPS) is 21.1. The summed E-state index contributed by atoms with van der Waals surface area (Å²) in [5.74, 6) is -0.468. The van der Waals surface area contributed by atoms with Gasteiger partial charge in [-0.15, -0.1) is 11.3 Å². The summed E-state index contributed by atoms with van der Waals surface area (Å²) in [6.45, 7) is 4.00. The van der Waals surface area contributed by atoms with Gasteiger partial charge in [0.2, 0.25) is 0 Å². The van der Waals surface area contributed by atoms with Crippen LogP contribution in [-0.2, 0) is 17.6 Å². The van der Waals surface area contributed by atoms with Gasteiger partial charge >= 0.3 is 12.1 Å². The average molecular weight is 601 g/mol. The van der Waals surface area contributed by atoms with E-state index in [0.29, 0.717) is 28.7 Å². The summed E-state index contributed by atoms with van der Waals surface area (Å²) in [5, 5.41) is 10.1. The van der Waals surface area contributed by atoms with Crippen LogP contribution < -0.4 is 10.6 Å². The molecule has 0 bridgehead atoms. The van der Waals surface area contributed by atoms with Gasteiger partial charge in [0, 0.05) is 11.3 Å². The van der Waals surface area contributed by atoms with Gasteiger partial charge < -0.3 is 19.8 Å². The van der Waals surface area contributed by atoms with Gasteiger partial charge in [-0.25, -0.2) is 9.48 Å². The molecule has 13 heteroatoms. The Balaban J connectivity index is 1.50. The first-order valence-electron chi connectivity index (χ1n) is 11.9. The van der Waals surface area contributed by atoms with Crippen LogP contribution in [0.3, 0.4) is 0 Å². The zero-order chi connectivity index (χ0) is 26.5. The maximum Gasteiger partial charge on any atom is 0.410 e. The highest BCUT2D eigenvalue weighted by Gasteiger charge is 2.48. The van der Waals surface area contributed by atoms with Crippen LogP contribution in [0.25, 0.3) is 0 Å². The van der Waals surface area contributed by atoms with Crippen LogP contribution in [-0.4, -0.2) is 34.4 Å². The van der Waals surface area contributed by atoms with Gasteiger partial charge in [0.15, 0.2) is 11.7 Å². The Bertz CT molecular complexity index is 1330. The molecule has 0 spiro atoms. The molecule has 3 aromatic heterocycles. The fourth-order valence-electron chi connectivity index (χ4n) is 4.83. The molecule has 198 valence electrons. The second kappa shape index (κ2) is 9.82. The summed E-state index contributed by atoms with van der Waals surface area (Å²) in [6.07, 6.45) is -1.21. The number of carbonyl (C=O) groups excluding carboxylic acids is 2. The molecule has 0 radical (unpaired) electrons. The number of furan rings is 1. The lowest BCUT2D eigenvalue weighted by Gasteiger charge is -2.32. The second-order valence-electron chi connectivity index (χ2n) is 9.19. The highest BCUT2D eigenvalue weighted by Crippen LogP contribution is 2.47. The zero-order valence-corrected chi connectivity index (χ0v) is 22.3. The Hall–Kier alpha value is -2.80. The summed E-state index contributed by atoms with van der Waals surface area (Å²) in [6, 6.07) is 0.457. The number of alkyl halides is 3. The molecular formula is C24H24BrF3N4O4S. The zero-order valence-electron chi connectivity index (χ0n) is 19.9. The summed E-state index contributed by atoms with van der Waals surface area (Å²) in [5.41, 5.74) is 0.943. The number of hydrogen-bond donors (Lipinski definition) is 2. The quantitative estimate of drug-likeness (QED) is 0.324. The molecule has 1 aliphatic carbocycles. The lowest BCUT2D eigenvalue weighted by atomic mass is 9.88. The Labute approximate surface area is 222 Å². The number of rotatable bonds is 5. The number of anilines is 2. The molecule has 3 aromatic rings. The number of aromatic nitrogens is 2. The highest BCUT2D eigenvalue weighted by molar-refractivity contribution is 9.10. The number of nitrogens with one attached hydrogen (secondary N) is 2. The van der Waals surface area contributed by atoms with Crippen molar-refractivity contribution in [3.8, 4) is 0 Å². The van der Waals surface area contributed by atoms with E-state index >= 15 is 0 Å². The van der Waals surface area contributed by atoms with Gasteiger partial charge in [-0.3, -0.25) is 4.79 Å². The lowest BCUT2D eigenvalue weighted by molar-refractivity contribution is -0.174. The van der Waals surface area contributed by atoms with Crippen molar-refractivity contribution in [3.05, 3.63) is 50.3 Å². The molecule has 2 N–H and O–H groups in total. The van der Waals surface area contributed by atoms with Gasteiger partial charge in [0.25, 0.3) is 5.91 Å². The van der Waals surface area contributed by atoms with Crippen molar-refractivity contribution < 1.29 is 31.9 Å². The molecule has 37 heavy (non-hydrogen) atoms. The third kappa shape index (κ3) is 4.78. The third-order valence-electron chi connectivity index (χ3n) is 6.62. The van der Waals surface area contributed by atoms with Crippen LogP contribution >= 0.6 is 27.3 Å². The first-order chi connectivity index (χ1) is 17.6. The monoisotopic (exact) mass is 600 g/mol. The molecule has 3 atom stereocenters. The van der Waals surface area contributed by atoms with E-state index < -0.39 is 30.1 Å². The number of amides is 1. The van der Waals surface area contributed by atoms with Crippen LogP contribution in [0.4, 0.5) is 24.0 Å². The average Bonchev–Trinajstić information content (AvgIpc) is 3.55. The smallest absolute Gasteiger partial charge is 0.410 e. The molecule has 0 unspecified atom stereocenters. The molecule has 2 aliphatic rings. The van der Waals surface area contributed by atoms with Crippen molar-refractivity contribution in [2.24, 2.45) is 5.92 Å². The van der Waals surface area contributed by atoms with E-state index in [2.05, 4.69) is 38.6 Å². The van der Waals surface area contributed by atoms with Crippen molar-refractivity contribution in [3.63, 3.8) is 0 Å². The molecule has 0 fully saturated rings. The molecule has 0 saturated heterocycles. The van der Waals surface area contributed by atoms with Crippen LogP contribution in [0.15, 0.2) is 27.3 Å². The van der Waals surface area contributed by atoms with Crippen LogP contribution in [0, 0.1) is 5.92 Å². The van der Waals surface area contributed by atoms with E-state index in [1.807, 2.05) is 0 Å². The van der Waals surface area contributed by atoms with Crippen molar-refractivity contribution in [2.75, 3.05) is 17.2 Å². The first kappa shape index (κ1) is 25.8. The number of hydrogen-bond acceptors (Lipinski definition) is 7. The minimum absolute atomic E-state index is 0.0186. The second-order valence-corrected chi connectivity index (χ2v) is 11.1. The molecule has 5 rings (SSSR count). The molecule has 0 saturated carbocycles. The fourth-order valence-corrected chi connectivity index (χ4v) is 6.78. The Morgan fingerprint density at radius 2 is 2.19 bits per heavy atom. The number of ether oxygens (including phenoxy) is 1. The Morgan fingerprint density at radius 1 is 1.41 bits per heavy atom. The van der Waals surface area contributed by atoms with Crippen molar-refractivity contribution in [1.82, 2.24) is 9.78 Å². The maximum atomic E-state index is 14.0. The Morgan fingerprint density at radius 3 is 2.86 bits per heavy atom. The van der Waals surface area contributed by atoms with E-state index in [4.69, 9.17) is 9.15 Å². The minimum Gasteiger partial charge on any atom is -0.467 e. The maximum absolute atomic E-state index is 14.0. The summed E-state index contributed by atoms with van der Waals surface area (Å²) in [4.78, 5) is 27.1. The number of esters is 1. The fraction of sp³-hybridized carbons (Fsp3) is 0.458. The van der Waals surface area contributed by atoms with Gasteiger partial charge in [-0.1, -0.05) is 6.92 Å². The predicted molar refractivity (Wildman–Crippen MR) is 134 cm³/mol. The SMILES string of the molecule is CCOC(=O)c1c(NC(=O)c2nn3c(c2Br)N[C@@H](c2ccco2)C[C@@H]3C(F)(F)F)sc2c1CC[C@@H](C)C2. The minimum atomic E-state index is -4.61. The van der Waals surface area contributed by atoms with E-state index in [0.717, 1.165) is 28.0 Å². The van der Waals surface area contributed by atoms with Crippen LogP contribution in [0.5, 0.6) is 0 Å². The number of halogens is 4. The number of thiophene rings is 1. The molecule has 0 aromatic carbocycles. The highest BCUT2D eigenvalue weighted by atomic mass is 79.9. The summed E-state index contributed by atoms with van der Waals surface area (Å²) < 4.78 is 53.5. The Kier molecular flexibility index (Phi) is 6.86. The van der Waals surface area contributed by atoms with Crippen LogP contribution in [0.1, 0.15) is 75.8 Å². The molecule has 8 nitrogen and oxygen atoms in total. The van der Waals surface area contributed by atoms with Crippen molar-refractivity contribution in [2.45, 2.75) is 57.8 Å². The van der Waals surface area contributed by atoms with E-state index in [1.165, 1.54) is 17.6 Å². The number of nitrogens with zero attached hydrogens (tertiary/aromatic N) is 2. The number of fused-ring (bicyclic) bond motifs is 2. The summed E-state index contributed by atoms with van der Waals surface area (Å²) >= 11 is 4.58.